The Kier molecular flexibility index (Phi) is 11.9. The molecule has 0 radical (unpaired) electrons. The van der Waals surface area contributed by atoms with Gasteiger partial charge in [0.2, 0.25) is 0 Å². The van der Waals surface area contributed by atoms with Gasteiger partial charge in [-0.2, -0.15) is 0 Å². The summed E-state index contributed by atoms with van der Waals surface area (Å²) in [6, 6.07) is 28.4. The zero-order valence-electron chi connectivity index (χ0n) is 16.8. The van der Waals surface area contributed by atoms with Crippen molar-refractivity contribution < 1.29 is 0 Å². The Morgan fingerprint density at radius 3 is 1.36 bits per heavy atom. The van der Waals surface area contributed by atoms with Gasteiger partial charge >= 0.3 is 0 Å². The Labute approximate surface area is 170 Å². The van der Waals surface area contributed by atoms with E-state index in [1.54, 1.807) is 0 Å². The van der Waals surface area contributed by atoms with Crippen LogP contribution in [-0.4, -0.2) is 0 Å². The SMILES string of the molecule is C=Cc1ccccc1.C=Cc1ccccc1C=C.CCC=Cc1ccccc1. The molecule has 0 heterocycles. The molecule has 0 heteroatoms. The van der Waals surface area contributed by atoms with Gasteiger partial charge in [0.1, 0.15) is 0 Å². The lowest BCUT2D eigenvalue weighted by molar-refractivity contribution is 1.23. The van der Waals surface area contributed by atoms with E-state index in [1.807, 2.05) is 78.9 Å². The molecule has 0 fully saturated rings. The maximum absolute atomic E-state index is 3.69. The monoisotopic (exact) mass is 366 g/mol. The van der Waals surface area contributed by atoms with Crippen LogP contribution in [0.25, 0.3) is 24.3 Å². The van der Waals surface area contributed by atoms with Gasteiger partial charge in [0.25, 0.3) is 0 Å². The summed E-state index contributed by atoms with van der Waals surface area (Å²) in [5, 5.41) is 0. The molecule has 0 unspecified atom stereocenters. The summed E-state index contributed by atoms with van der Waals surface area (Å²) in [6.45, 7) is 13.2. The molecule has 0 nitrogen and oxygen atoms in total. The van der Waals surface area contributed by atoms with Gasteiger partial charge in [-0.25, -0.2) is 0 Å². The summed E-state index contributed by atoms with van der Waals surface area (Å²) in [5.41, 5.74) is 4.73. The molecule has 0 aliphatic rings. The minimum atomic E-state index is 1.11. The molecule has 0 N–H and O–H groups in total. The Balaban J connectivity index is 0.000000212. The summed E-state index contributed by atoms with van der Waals surface area (Å²) < 4.78 is 0. The Hall–Kier alpha value is -3.38. The summed E-state index contributed by atoms with van der Waals surface area (Å²) >= 11 is 0. The molecular weight excluding hydrogens is 336 g/mol. The summed E-state index contributed by atoms with van der Waals surface area (Å²) in [7, 11) is 0. The third-order valence-corrected chi connectivity index (χ3v) is 3.82. The van der Waals surface area contributed by atoms with Crippen molar-refractivity contribution in [1.82, 2.24) is 0 Å². The largest absolute Gasteiger partial charge is 0.0985 e. The highest BCUT2D eigenvalue weighted by molar-refractivity contribution is 5.63. The van der Waals surface area contributed by atoms with Crippen molar-refractivity contribution in [3.63, 3.8) is 0 Å². The maximum Gasteiger partial charge on any atom is -0.0190 e. The molecule has 142 valence electrons. The Morgan fingerprint density at radius 1 is 0.571 bits per heavy atom. The zero-order valence-corrected chi connectivity index (χ0v) is 16.8. The van der Waals surface area contributed by atoms with Crippen LogP contribution in [0.1, 0.15) is 35.6 Å². The van der Waals surface area contributed by atoms with Crippen LogP contribution >= 0.6 is 0 Å². The van der Waals surface area contributed by atoms with E-state index in [1.165, 1.54) is 11.1 Å². The molecule has 0 spiro atoms. The van der Waals surface area contributed by atoms with E-state index < -0.39 is 0 Å². The fourth-order valence-electron chi connectivity index (χ4n) is 2.29. The molecule has 0 aromatic heterocycles. The first-order valence-electron chi connectivity index (χ1n) is 9.48. The zero-order chi connectivity index (χ0) is 20.5. The lowest BCUT2D eigenvalue weighted by Gasteiger charge is -1.96. The van der Waals surface area contributed by atoms with Crippen molar-refractivity contribution in [3.8, 4) is 0 Å². The predicted molar refractivity (Wildman–Crippen MR) is 129 cm³/mol. The van der Waals surface area contributed by atoms with Crippen LogP contribution in [0.15, 0.2) is 111 Å². The van der Waals surface area contributed by atoms with E-state index in [0.29, 0.717) is 0 Å². The van der Waals surface area contributed by atoms with Crippen LogP contribution in [0.5, 0.6) is 0 Å². The van der Waals surface area contributed by atoms with Crippen LogP contribution in [0.3, 0.4) is 0 Å². The first kappa shape index (κ1) is 22.7. The minimum absolute atomic E-state index is 1.11. The quantitative estimate of drug-likeness (QED) is 0.425. The van der Waals surface area contributed by atoms with Crippen LogP contribution in [-0.2, 0) is 0 Å². The van der Waals surface area contributed by atoms with Crippen LogP contribution < -0.4 is 0 Å². The summed E-state index contributed by atoms with van der Waals surface area (Å²) in [5.74, 6) is 0. The standard InChI is InChI=1S/C10H10.C10H12.C8H8/c1-3-9-7-5-6-8-10(9)4-2;1-2-3-7-10-8-5-4-6-9-10;1-2-8-6-4-3-5-7-8/h3-8H,1-2H2;3-9H,2H2,1H3;2-7H,1H2. The van der Waals surface area contributed by atoms with Gasteiger partial charge in [-0.1, -0.05) is 142 Å². The van der Waals surface area contributed by atoms with E-state index in [2.05, 4.69) is 63.1 Å². The summed E-state index contributed by atoms with van der Waals surface area (Å²) in [6.07, 6.45) is 10.9. The number of hydrogen-bond acceptors (Lipinski definition) is 0. The van der Waals surface area contributed by atoms with Crippen molar-refractivity contribution in [1.29, 1.82) is 0 Å². The van der Waals surface area contributed by atoms with E-state index in [4.69, 9.17) is 0 Å². The average Bonchev–Trinajstić information content (AvgIpc) is 2.79. The van der Waals surface area contributed by atoms with E-state index in [-0.39, 0.29) is 0 Å². The molecule has 0 amide bonds. The summed E-state index contributed by atoms with van der Waals surface area (Å²) in [4.78, 5) is 0. The highest BCUT2D eigenvalue weighted by Gasteiger charge is 1.89. The second-order valence-electron chi connectivity index (χ2n) is 5.87. The molecule has 0 aliphatic carbocycles. The fourth-order valence-corrected chi connectivity index (χ4v) is 2.29. The molecule has 0 atom stereocenters. The minimum Gasteiger partial charge on any atom is -0.0985 e. The molecule has 3 rings (SSSR count). The van der Waals surface area contributed by atoms with E-state index >= 15 is 0 Å². The van der Waals surface area contributed by atoms with Gasteiger partial charge in [-0.05, 0) is 28.7 Å². The van der Waals surface area contributed by atoms with Gasteiger partial charge < -0.3 is 0 Å². The lowest BCUT2D eigenvalue weighted by Crippen LogP contribution is -1.76. The Morgan fingerprint density at radius 2 is 1.00 bits per heavy atom. The van der Waals surface area contributed by atoms with Gasteiger partial charge in [-0.15, -0.1) is 0 Å². The van der Waals surface area contributed by atoms with Gasteiger partial charge in [0, 0.05) is 0 Å². The van der Waals surface area contributed by atoms with Gasteiger partial charge in [0.05, 0.1) is 0 Å². The third-order valence-electron chi connectivity index (χ3n) is 3.82. The van der Waals surface area contributed by atoms with Crippen molar-refractivity contribution in [2.24, 2.45) is 0 Å². The topological polar surface area (TPSA) is 0 Å². The molecule has 3 aromatic rings. The molecule has 0 saturated carbocycles. The van der Waals surface area contributed by atoms with Crippen molar-refractivity contribution in [3.05, 3.63) is 133 Å². The van der Waals surface area contributed by atoms with Gasteiger partial charge in [0.15, 0.2) is 0 Å². The highest BCUT2D eigenvalue weighted by atomic mass is 13.9. The Bertz CT molecular complexity index is 812. The predicted octanol–water partition coefficient (Wildman–Crippen LogP) is 8.41. The second kappa shape index (κ2) is 14.8. The highest BCUT2D eigenvalue weighted by Crippen LogP contribution is 2.10. The van der Waals surface area contributed by atoms with Crippen LogP contribution in [0.2, 0.25) is 0 Å². The normalized spacial score (nSPS) is 9.32. The third kappa shape index (κ3) is 9.35. The molecule has 0 bridgehead atoms. The molecular formula is C28H30. The smallest absolute Gasteiger partial charge is 0.0190 e. The lowest BCUT2D eigenvalue weighted by atomic mass is 10.1. The fraction of sp³-hybridized carbons (Fsp3) is 0.0714. The molecule has 28 heavy (non-hydrogen) atoms. The van der Waals surface area contributed by atoms with Crippen LogP contribution in [0, 0.1) is 0 Å². The van der Waals surface area contributed by atoms with Crippen molar-refractivity contribution in [2.75, 3.05) is 0 Å². The number of rotatable bonds is 5. The first-order valence-corrected chi connectivity index (χ1v) is 9.48. The van der Waals surface area contributed by atoms with E-state index in [0.717, 1.165) is 17.5 Å². The number of allylic oxidation sites excluding steroid dienone is 1. The molecule has 0 saturated heterocycles. The second-order valence-corrected chi connectivity index (χ2v) is 5.87. The van der Waals surface area contributed by atoms with Gasteiger partial charge in [-0.3, -0.25) is 0 Å². The number of hydrogen-bond donors (Lipinski definition) is 0. The maximum atomic E-state index is 3.69. The van der Waals surface area contributed by atoms with E-state index in [9.17, 15) is 0 Å². The number of benzene rings is 3. The van der Waals surface area contributed by atoms with Crippen molar-refractivity contribution in [2.45, 2.75) is 13.3 Å². The van der Waals surface area contributed by atoms with Crippen LogP contribution in [0.4, 0.5) is 0 Å². The average molecular weight is 367 g/mol. The van der Waals surface area contributed by atoms with Crippen molar-refractivity contribution >= 4 is 24.3 Å². The molecule has 0 aliphatic heterocycles. The molecule has 3 aromatic carbocycles. The first-order chi connectivity index (χ1) is 13.7.